The van der Waals surface area contributed by atoms with Crippen LogP contribution < -0.4 is 4.90 Å². The number of carbonyl (C=O) groups excluding carboxylic acids is 2. The lowest BCUT2D eigenvalue weighted by Crippen LogP contribution is -2.30. The molecule has 1 N–H and O–H groups in total. The second-order valence-electron chi connectivity index (χ2n) is 8.10. The average molecular weight is 566 g/mol. The summed E-state index contributed by atoms with van der Waals surface area (Å²) < 4.78 is 6.41. The standard InChI is InChI=1S/C26H16ClN3O4S3/c27-16-9-7-14(8-10-16)13-36-26-29-28-25(37-26)30-21(19-6-3-11-35-19)20(23(32)24(30)33)22(31)18-12-15-4-1-2-5-17(15)34-18/h1-12,21,32H,13H2/t21-/m1/s1. The number of nitrogens with zero attached hydrogens (tertiary/aromatic N) is 3. The van der Waals surface area contributed by atoms with Crippen molar-refractivity contribution in [3.05, 3.63) is 105 Å². The van der Waals surface area contributed by atoms with E-state index in [4.69, 9.17) is 16.0 Å². The monoisotopic (exact) mass is 565 g/mol. The van der Waals surface area contributed by atoms with Crippen molar-refractivity contribution >= 4 is 73.8 Å². The zero-order valence-corrected chi connectivity index (χ0v) is 22.0. The van der Waals surface area contributed by atoms with Crippen LogP contribution in [-0.2, 0) is 10.5 Å². The smallest absolute Gasteiger partial charge is 0.296 e. The SMILES string of the molecule is O=C(C1=C(O)C(=O)N(c2nnc(SCc3ccc(Cl)cc3)s2)[C@@H]1c1cccs1)c1cc2ccccc2o1. The van der Waals surface area contributed by atoms with Gasteiger partial charge in [0, 0.05) is 21.0 Å². The summed E-state index contributed by atoms with van der Waals surface area (Å²) in [4.78, 5) is 29.0. The summed E-state index contributed by atoms with van der Waals surface area (Å²) in [5.74, 6) is -1.18. The van der Waals surface area contributed by atoms with Gasteiger partial charge in [-0.15, -0.1) is 21.5 Å². The Hall–Kier alpha value is -3.44. The summed E-state index contributed by atoms with van der Waals surface area (Å²) in [5, 5.41) is 23.0. The van der Waals surface area contributed by atoms with Crippen molar-refractivity contribution in [2.24, 2.45) is 0 Å². The highest BCUT2D eigenvalue weighted by atomic mass is 35.5. The number of furan rings is 1. The molecule has 0 radical (unpaired) electrons. The van der Waals surface area contributed by atoms with Crippen LogP contribution in [0.5, 0.6) is 0 Å². The number of aromatic nitrogens is 2. The fourth-order valence-electron chi connectivity index (χ4n) is 4.06. The first-order valence-corrected chi connectivity index (χ1v) is 14.1. The van der Waals surface area contributed by atoms with Gasteiger partial charge in [-0.05, 0) is 41.3 Å². The number of halogens is 1. The highest BCUT2D eigenvalue weighted by Gasteiger charge is 2.47. The Morgan fingerprint density at radius 1 is 1.11 bits per heavy atom. The van der Waals surface area contributed by atoms with E-state index in [2.05, 4.69) is 10.2 Å². The number of thiophene rings is 1. The van der Waals surface area contributed by atoms with Gasteiger partial charge in [-0.2, -0.15) is 0 Å². The summed E-state index contributed by atoms with van der Waals surface area (Å²) >= 11 is 10.0. The maximum Gasteiger partial charge on any atom is 0.296 e. The number of thioether (sulfide) groups is 1. The number of hydrogen-bond acceptors (Lipinski definition) is 9. The van der Waals surface area contributed by atoms with Crippen LogP contribution in [0.3, 0.4) is 0 Å². The van der Waals surface area contributed by atoms with Crippen LogP contribution in [0.2, 0.25) is 5.02 Å². The van der Waals surface area contributed by atoms with Gasteiger partial charge in [0.15, 0.2) is 15.9 Å². The first-order valence-electron chi connectivity index (χ1n) is 11.0. The molecule has 0 fully saturated rings. The first-order chi connectivity index (χ1) is 18.0. The third-order valence-corrected chi connectivity index (χ3v) is 9.10. The van der Waals surface area contributed by atoms with Gasteiger partial charge in [0.2, 0.25) is 10.9 Å². The highest BCUT2D eigenvalue weighted by molar-refractivity contribution is 8.00. The van der Waals surface area contributed by atoms with E-state index in [-0.39, 0.29) is 11.3 Å². The Morgan fingerprint density at radius 3 is 2.68 bits per heavy atom. The molecule has 1 atom stereocenters. The second-order valence-corrected chi connectivity index (χ2v) is 11.7. The van der Waals surface area contributed by atoms with Gasteiger partial charge >= 0.3 is 0 Å². The summed E-state index contributed by atoms with van der Waals surface area (Å²) in [6.45, 7) is 0. The maximum atomic E-state index is 13.6. The summed E-state index contributed by atoms with van der Waals surface area (Å²) in [6, 6.07) is 19.2. The van der Waals surface area contributed by atoms with Gasteiger partial charge in [0.1, 0.15) is 11.6 Å². The largest absolute Gasteiger partial charge is 0.503 e. The number of para-hydroxylation sites is 1. The van der Waals surface area contributed by atoms with Crippen LogP contribution >= 0.6 is 46.0 Å². The van der Waals surface area contributed by atoms with Gasteiger partial charge < -0.3 is 9.52 Å². The molecule has 0 bridgehead atoms. The first kappa shape index (κ1) is 23.9. The molecule has 4 heterocycles. The van der Waals surface area contributed by atoms with Crippen LogP contribution in [0, 0.1) is 0 Å². The molecule has 0 saturated carbocycles. The van der Waals surface area contributed by atoms with E-state index >= 15 is 0 Å². The second kappa shape index (κ2) is 9.79. The molecular formula is C26H16ClN3O4S3. The maximum absolute atomic E-state index is 13.6. The van der Waals surface area contributed by atoms with E-state index in [9.17, 15) is 14.7 Å². The molecular weight excluding hydrogens is 550 g/mol. The molecule has 0 saturated heterocycles. The van der Waals surface area contributed by atoms with Gasteiger partial charge in [-0.3, -0.25) is 14.5 Å². The fraction of sp³-hybridized carbons (Fsp3) is 0.0769. The highest BCUT2D eigenvalue weighted by Crippen LogP contribution is 2.45. The summed E-state index contributed by atoms with van der Waals surface area (Å²) in [6.07, 6.45) is 0. The van der Waals surface area contributed by atoms with E-state index < -0.39 is 23.5 Å². The number of anilines is 1. The molecule has 0 aliphatic carbocycles. The Bertz CT molecular complexity index is 1620. The van der Waals surface area contributed by atoms with Crippen LogP contribution in [-0.4, -0.2) is 27.0 Å². The van der Waals surface area contributed by atoms with Crippen molar-refractivity contribution in [3.8, 4) is 0 Å². The van der Waals surface area contributed by atoms with Crippen molar-refractivity contribution in [2.75, 3.05) is 4.90 Å². The van der Waals surface area contributed by atoms with Crippen molar-refractivity contribution in [1.82, 2.24) is 10.2 Å². The number of aliphatic hydroxyl groups is 1. The minimum absolute atomic E-state index is 0.0444. The van der Waals surface area contributed by atoms with Crippen molar-refractivity contribution in [1.29, 1.82) is 0 Å². The number of benzene rings is 2. The quantitative estimate of drug-likeness (QED) is 0.128. The molecule has 0 unspecified atom stereocenters. The number of Topliss-reactive ketones (excluding diaryl/α,β-unsaturated/α-hetero) is 1. The normalized spacial score (nSPS) is 15.8. The van der Waals surface area contributed by atoms with Crippen molar-refractivity contribution < 1.29 is 19.1 Å². The molecule has 184 valence electrons. The van der Waals surface area contributed by atoms with Crippen LogP contribution in [0.1, 0.15) is 27.0 Å². The molecule has 7 nitrogen and oxygen atoms in total. The number of carbonyl (C=O) groups is 2. The number of fused-ring (bicyclic) bond motifs is 1. The number of ketones is 1. The predicted molar refractivity (Wildman–Crippen MR) is 146 cm³/mol. The lowest BCUT2D eigenvalue weighted by molar-refractivity contribution is -0.117. The molecule has 2 aromatic carbocycles. The van der Waals surface area contributed by atoms with Gasteiger partial charge in [-0.1, -0.05) is 71.1 Å². The topological polar surface area (TPSA) is 96.5 Å². The lowest BCUT2D eigenvalue weighted by Gasteiger charge is -2.22. The van der Waals surface area contributed by atoms with Crippen LogP contribution in [0.4, 0.5) is 5.13 Å². The van der Waals surface area contributed by atoms with E-state index in [0.717, 1.165) is 10.9 Å². The summed E-state index contributed by atoms with van der Waals surface area (Å²) in [7, 11) is 0. The lowest BCUT2D eigenvalue weighted by atomic mass is 10.0. The molecule has 0 spiro atoms. The Balaban J connectivity index is 1.32. The van der Waals surface area contributed by atoms with Gasteiger partial charge in [0.05, 0.1) is 5.57 Å². The molecule has 3 aromatic heterocycles. The number of rotatable bonds is 7. The fourth-order valence-corrected chi connectivity index (χ4v) is 6.83. The van der Waals surface area contributed by atoms with E-state index in [1.165, 1.54) is 39.3 Å². The minimum atomic E-state index is -0.852. The van der Waals surface area contributed by atoms with E-state index in [0.29, 0.717) is 30.7 Å². The zero-order chi connectivity index (χ0) is 25.5. The Kier molecular flexibility index (Phi) is 6.33. The predicted octanol–water partition coefficient (Wildman–Crippen LogP) is 7.07. The van der Waals surface area contributed by atoms with E-state index in [1.807, 2.05) is 60.0 Å². The molecule has 1 aliphatic rings. The third-order valence-electron chi connectivity index (χ3n) is 5.79. The molecule has 1 amide bonds. The Labute approximate surface area is 228 Å². The average Bonchev–Trinajstić information content (AvgIpc) is 3.70. The van der Waals surface area contributed by atoms with E-state index in [1.54, 1.807) is 12.1 Å². The number of hydrogen-bond donors (Lipinski definition) is 1. The number of amides is 1. The van der Waals surface area contributed by atoms with Crippen LogP contribution in [0.25, 0.3) is 11.0 Å². The van der Waals surface area contributed by atoms with Gasteiger partial charge in [0.25, 0.3) is 5.91 Å². The Morgan fingerprint density at radius 2 is 1.92 bits per heavy atom. The molecule has 6 rings (SSSR count). The van der Waals surface area contributed by atoms with Crippen molar-refractivity contribution in [3.63, 3.8) is 0 Å². The molecule has 37 heavy (non-hydrogen) atoms. The van der Waals surface area contributed by atoms with Gasteiger partial charge in [-0.25, -0.2) is 0 Å². The zero-order valence-electron chi connectivity index (χ0n) is 18.8. The summed E-state index contributed by atoms with van der Waals surface area (Å²) in [5.41, 5.74) is 1.57. The molecule has 11 heteroatoms. The van der Waals surface area contributed by atoms with Crippen LogP contribution in [0.15, 0.2) is 92.2 Å². The molecule has 5 aromatic rings. The minimum Gasteiger partial charge on any atom is -0.503 e. The molecule has 1 aliphatic heterocycles. The van der Waals surface area contributed by atoms with Crippen molar-refractivity contribution in [2.45, 2.75) is 16.1 Å². The third kappa shape index (κ3) is 4.46. The number of aliphatic hydroxyl groups excluding tert-OH is 1.